The number of urea groups is 1. The summed E-state index contributed by atoms with van der Waals surface area (Å²) in [7, 11) is 0. The number of nitrogens with two attached hydrogens (primary N) is 1. The summed E-state index contributed by atoms with van der Waals surface area (Å²) in [5.41, 5.74) is 7.32. The highest BCUT2D eigenvalue weighted by Crippen LogP contribution is 2.30. The van der Waals surface area contributed by atoms with E-state index in [1.807, 2.05) is 32.0 Å². The molecule has 20 heavy (non-hydrogen) atoms. The highest BCUT2D eigenvalue weighted by molar-refractivity contribution is 9.10. The van der Waals surface area contributed by atoms with Crippen LogP contribution in [0.3, 0.4) is 0 Å². The summed E-state index contributed by atoms with van der Waals surface area (Å²) in [6.07, 6.45) is 0.821. The van der Waals surface area contributed by atoms with Crippen LogP contribution in [0.4, 0.5) is 10.5 Å². The quantitative estimate of drug-likeness (QED) is 0.651. The largest absolute Gasteiger partial charge is 0.370 e. The van der Waals surface area contributed by atoms with Gasteiger partial charge in [-0.3, -0.25) is 15.2 Å². The molecule has 0 saturated heterocycles. The van der Waals surface area contributed by atoms with Gasteiger partial charge in [0.1, 0.15) is 0 Å². The zero-order valence-electron chi connectivity index (χ0n) is 12.1. The van der Waals surface area contributed by atoms with Crippen molar-refractivity contribution in [3.05, 3.63) is 28.2 Å². The fourth-order valence-corrected chi connectivity index (χ4v) is 2.73. The number of hydrogen-bond donors (Lipinski definition) is 2. The maximum absolute atomic E-state index is 12.6. The number of para-hydroxylation sites is 1. The molecule has 0 bridgehead atoms. The van der Waals surface area contributed by atoms with Gasteiger partial charge >= 0.3 is 6.03 Å². The van der Waals surface area contributed by atoms with E-state index in [-0.39, 0.29) is 12.0 Å². The van der Waals surface area contributed by atoms with Crippen LogP contribution in [0.2, 0.25) is 0 Å². The minimum Gasteiger partial charge on any atom is -0.370 e. The minimum atomic E-state index is -0.267. The number of benzene rings is 1. The number of amides is 2. The van der Waals surface area contributed by atoms with E-state index in [1.54, 1.807) is 11.8 Å². The van der Waals surface area contributed by atoms with E-state index in [4.69, 9.17) is 11.1 Å². The van der Waals surface area contributed by atoms with E-state index >= 15 is 0 Å². The van der Waals surface area contributed by atoms with Crippen molar-refractivity contribution in [1.29, 1.82) is 5.41 Å². The smallest absolute Gasteiger partial charge is 0.331 e. The van der Waals surface area contributed by atoms with E-state index in [9.17, 15) is 4.79 Å². The molecule has 0 radical (unpaired) electrons. The number of nitrogens with one attached hydrogen (secondary N) is 1. The van der Waals surface area contributed by atoms with Gasteiger partial charge in [-0.15, -0.1) is 0 Å². The van der Waals surface area contributed by atoms with Crippen molar-refractivity contribution in [2.75, 3.05) is 18.0 Å². The van der Waals surface area contributed by atoms with E-state index in [1.165, 1.54) is 4.90 Å². The summed E-state index contributed by atoms with van der Waals surface area (Å²) < 4.78 is 0.860. The number of halogens is 1. The second-order valence-corrected chi connectivity index (χ2v) is 5.32. The van der Waals surface area contributed by atoms with Crippen LogP contribution in [0.15, 0.2) is 22.7 Å². The number of carbonyl (C=O) groups is 1. The van der Waals surface area contributed by atoms with Gasteiger partial charge in [-0.05, 0) is 47.8 Å². The van der Waals surface area contributed by atoms with Crippen molar-refractivity contribution < 1.29 is 4.79 Å². The lowest BCUT2D eigenvalue weighted by atomic mass is 10.2. The molecule has 0 spiro atoms. The number of rotatable bonds is 4. The fraction of sp³-hybridized carbons (Fsp3) is 0.429. The van der Waals surface area contributed by atoms with Gasteiger partial charge in [0, 0.05) is 17.6 Å². The highest BCUT2D eigenvalue weighted by atomic mass is 79.9. The molecule has 110 valence electrons. The van der Waals surface area contributed by atoms with Gasteiger partial charge in [0.05, 0.1) is 5.69 Å². The number of carbonyl (C=O) groups excluding carboxylic acids is 1. The second-order valence-electron chi connectivity index (χ2n) is 4.47. The van der Waals surface area contributed by atoms with E-state index in [0.717, 1.165) is 22.1 Å². The molecule has 6 heteroatoms. The maximum atomic E-state index is 12.6. The Balaban J connectivity index is 3.24. The van der Waals surface area contributed by atoms with E-state index in [0.29, 0.717) is 13.1 Å². The molecule has 0 aromatic heterocycles. The predicted octanol–water partition coefficient (Wildman–Crippen LogP) is 3.31. The topological polar surface area (TPSA) is 73.4 Å². The standard InChI is InChI=1S/C14H21BrN4O/c1-4-9-19(14(20)18(5-2)13(16)17)12-10(3)7-6-8-11(12)15/h6-8H,4-5,9H2,1-3H3,(H3,16,17). The van der Waals surface area contributed by atoms with Gasteiger partial charge in [-0.2, -0.15) is 0 Å². The number of guanidine groups is 1. The van der Waals surface area contributed by atoms with Gasteiger partial charge in [-0.1, -0.05) is 19.1 Å². The SMILES string of the molecule is CCCN(C(=O)N(CC)C(=N)N)c1c(C)cccc1Br. The normalized spacial score (nSPS) is 10.2. The number of nitrogens with zero attached hydrogens (tertiary/aromatic N) is 2. The van der Waals surface area contributed by atoms with Crippen molar-refractivity contribution in [3.63, 3.8) is 0 Å². The Labute approximate surface area is 128 Å². The summed E-state index contributed by atoms with van der Waals surface area (Å²) in [4.78, 5) is 15.6. The van der Waals surface area contributed by atoms with Gasteiger partial charge in [0.15, 0.2) is 5.96 Å². The van der Waals surface area contributed by atoms with Gasteiger partial charge < -0.3 is 5.73 Å². The lowest BCUT2D eigenvalue weighted by Gasteiger charge is -2.30. The Bertz CT molecular complexity index is 484. The molecule has 5 nitrogen and oxygen atoms in total. The molecule has 1 aromatic rings. The van der Waals surface area contributed by atoms with Crippen molar-refractivity contribution in [2.24, 2.45) is 5.73 Å². The molecular weight excluding hydrogens is 320 g/mol. The van der Waals surface area contributed by atoms with Crippen LogP contribution in [-0.2, 0) is 0 Å². The first-order chi connectivity index (χ1) is 9.43. The fourth-order valence-electron chi connectivity index (χ4n) is 2.05. The first kappa shape index (κ1) is 16.5. The Morgan fingerprint density at radius 3 is 2.50 bits per heavy atom. The van der Waals surface area contributed by atoms with Crippen molar-refractivity contribution in [3.8, 4) is 0 Å². The Morgan fingerprint density at radius 2 is 2.05 bits per heavy atom. The molecule has 1 rings (SSSR count). The maximum Gasteiger partial charge on any atom is 0.331 e. The molecule has 0 fully saturated rings. The summed E-state index contributed by atoms with van der Waals surface area (Å²) >= 11 is 3.50. The molecule has 2 amide bonds. The third kappa shape index (κ3) is 3.50. The molecule has 0 atom stereocenters. The first-order valence-electron chi connectivity index (χ1n) is 6.62. The monoisotopic (exact) mass is 340 g/mol. The third-order valence-electron chi connectivity index (χ3n) is 2.97. The molecule has 0 aliphatic rings. The molecule has 1 aromatic carbocycles. The van der Waals surface area contributed by atoms with Crippen LogP contribution in [0.5, 0.6) is 0 Å². The summed E-state index contributed by atoms with van der Waals surface area (Å²) in [6.45, 7) is 6.72. The van der Waals surface area contributed by atoms with Crippen LogP contribution < -0.4 is 10.6 Å². The molecule has 3 N–H and O–H groups in total. The lowest BCUT2D eigenvalue weighted by Crippen LogP contribution is -2.49. The summed E-state index contributed by atoms with van der Waals surface area (Å²) in [6, 6.07) is 5.53. The molecule has 0 unspecified atom stereocenters. The van der Waals surface area contributed by atoms with E-state index in [2.05, 4.69) is 15.9 Å². The van der Waals surface area contributed by atoms with Crippen molar-refractivity contribution in [1.82, 2.24) is 4.90 Å². The van der Waals surface area contributed by atoms with Crippen LogP contribution >= 0.6 is 15.9 Å². The number of aryl methyl sites for hydroxylation is 1. The zero-order chi connectivity index (χ0) is 15.3. The van der Waals surface area contributed by atoms with Crippen LogP contribution in [0.25, 0.3) is 0 Å². The lowest BCUT2D eigenvalue weighted by molar-refractivity contribution is 0.227. The third-order valence-corrected chi connectivity index (χ3v) is 3.61. The first-order valence-corrected chi connectivity index (χ1v) is 7.41. The zero-order valence-corrected chi connectivity index (χ0v) is 13.7. The minimum absolute atomic E-state index is 0.233. The summed E-state index contributed by atoms with van der Waals surface area (Å²) in [5, 5.41) is 7.52. The highest BCUT2D eigenvalue weighted by Gasteiger charge is 2.25. The van der Waals surface area contributed by atoms with Crippen LogP contribution in [0.1, 0.15) is 25.8 Å². The number of anilines is 1. The van der Waals surface area contributed by atoms with Gasteiger partial charge in [-0.25, -0.2) is 4.79 Å². The Morgan fingerprint density at radius 1 is 1.40 bits per heavy atom. The molecule has 0 saturated carbocycles. The second kappa shape index (κ2) is 7.28. The van der Waals surface area contributed by atoms with Crippen molar-refractivity contribution >= 4 is 33.6 Å². The average molecular weight is 341 g/mol. The van der Waals surface area contributed by atoms with Crippen molar-refractivity contribution in [2.45, 2.75) is 27.2 Å². The van der Waals surface area contributed by atoms with E-state index < -0.39 is 0 Å². The van der Waals surface area contributed by atoms with Gasteiger partial charge in [0.2, 0.25) is 0 Å². The van der Waals surface area contributed by atoms with Crippen LogP contribution in [0, 0.1) is 12.3 Å². The average Bonchev–Trinajstić information content (AvgIpc) is 2.37. The van der Waals surface area contributed by atoms with Gasteiger partial charge in [0.25, 0.3) is 0 Å². The Kier molecular flexibility index (Phi) is 6.01. The molecule has 0 aliphatic heterocycles. The predicted molar refractivity (Wildman–Crippen MR) is 86.2 cm³/mol. The number of hydrogen-bond acceptors (Lipinski definition) is 2. The molecule has 0 heterocycles. The van der Waals surface area contributed by atoms with Crippen LogP contribution in [-0.4, -0.2) is 30.0 Å². The summed E-state index contributed by atoms with van der Waals surface area (Å²) in [5.74, 6) is -0.233. The molecule has 0 aliphatic carbocycles. The molecular formula is C14H21BrN4O. The Hall–Kier alpha value is -1.56.